The molecule has 0 aromatic rings. The summed E-state index contributed by atoms with van der Waals surface area (Å²) in [7, 11) is 1.75. The number of rotatable bonds is 3. The Hall–Kier alpha value is -1.34. The lowest BCUT2D eigenvalue weighted by atomic mass is 9.64. The summed E-state index contributed by atoms with van der Waals surface area (Å²) in [6.07, 6.45) is 3.21. The van der Waals surface area contributed by atoms with Gasteiger partial charge in [-0.05, 0) is 43.6 Å². The van der Waals surface area contributed by atoms with Crippen molar-refractivity contribution >= 4 is 30.3 Å². The molecule has 148 valence electrons. The summed E-state index contributed by atoms with van der Waals surface area (Å²) in [6, 6.07) is -0.294. The number of amides is 4. The van der Waals surface area contributed by atoms with Crippen LogP contribution in [0.4, 0.5) is 4.79 Å². The molecule has 0 aromatic carbocycles. The van der Waals surface area contributed by atoms with Crippen molar-refractivity contribution < 1.29 is 14.4 Å². The summed E-state index contributed by atoms with van der Waals surface area (Å²) in [5.74, 6) is -0.0586. The number of carbonyl (C=O) groups excluding carboxylic acids is 3. The minimum atomic E-state index is -0.841. The normalized spacial score (nSPS) is 33.2. The SMILES string of the molecule is CC1CC(C)(C)CC2(C1)NC(=O)N(CC(=O)N(C)C1CCNC1)C2=O.Cl. The largest absolute Gasteiger partial charge is 0.340 e. The molecule has 2 saturated heterocycles. The summed E-state index contributed by atoms with van der Waals surface area (Å²) < 4.78 is 0. The molecule has 3 atom stereocenters. The van der Waals surface area contributed by atoms with Crippen LogP contribution in [-0.2, 0) is 9.59 Å². The van der Waals surface area contributed by atoms with Gasteiger partial charge in [-0.3, -0.25) is 14.5 Å². The average Bonchev–Trinajstić information content (AvgIpc) is 3.08. The molecule has 2 aliphatic heterocycles. The summed E-state index contributed by atoms with van der Waals surface area (Å²) in [5, 5.41) is 6.15. The van der Waals surface area contributed by atoms with E-state index in [2.05, 4.69) is 31.4 Å². The van der Waals surface area contributed by atoms with Crippen molar-refractivity contribution in [2.45, 2.75) is 58.0 Å². The maximum Gasteiger partial charge on any atom is 0.325 e. The first-order valence-corrected chi connectivity index (χ1v) is 9.24. The van der Waals surface area contributed by atoms with Crippen LogP contribution in [-0.4, -0.2) is 65.9 Å². The predicted octanol–water partition coefficient (Wildman–Crippen LogP) is 1.37. The van der Waals surface area contributed by atoms with Gasteiger partial charge in [0.2, 0.25) is 5.91 Å². The van der Waals surface area contributed by atoms with Crippen LogP contribution in [0.15, 0.2) is 0 Å². The lowest BCUT2D eigenvalue weighted by Gasteiger charge is -2.43. The molecule has 7 nitrogen and oxygen atoms in total. The van der Waals surface area contributed by atoms with Gasteiger partial charge in [0.15, 0.2) is 0 Å². The number of nitrogens with one attached hydrogen (secondary N) is 2. The van der Waals surface area contributed by atoms with Crippen molar-refractivity contribution in [1.82, 2.24) is 20.4 Å². The summed E-state index contributed by atoms with van der Waals surface area (Å²) in [4.78, 5) is 40.9. The van der Waals surface area contributed by atoms with E-state index in [0.717, 1.165) is 30.8 Å². The Balaban J connectivity index is 0.00000243. The molecular weight excluding hydrogens is 356 g/mol. The Kier molecular flexibility index (Phi) is 5.93. The number of nitrogens with zero attached hydrogens (tertiary/aromatic N) is 2. The van der Waals surface area contributed by atoms with Gasteiger partial charge >= 0.3 is 6.03 Å². The first kappa shape index (κ1) is 21.0. The van der Waals surface area contributed by atoms with Crippen molar-refractivity contribution in [3.05, 3.63) is 0 Å². The first-order chi connectivity index (χ1) is 11.6. The van der Waals surface area contributed by atoms with Gasteiger partial charge in [0, 0.05) is 19.6 Å². The molecular formula is C18H31ClN4O3. The van der Waals surface area contributed by atoms with Crippen molar-refractivity contribution in [2.24, 2.45) is 11.3 Å². The van der Waals surface area contributed by atoms with Crippen molar-refractivity contribution in [3.8, 4) is 0 Å². The Labute approximate surface area is 161 Å². The fraction of sp³-hybridized carbons (Fsp3) is 0.833. The minimum absolute atomic E-state index is 0. The quantitative estimate of drug-likeness (QED) is 0.718. The second kappa shape index (κ2) is 7.35. The lowest BCUT2D eigenvalue weighted by molar-refractivity contribution is -0.141. The van der Waals surface area contributed by atoms with Gasteiger partial charge in [0.1, 0.15) is 12.1 Å². The predicted molar refractivity (Wildman–Crippen MR) is 101 cm³/mol. The molecule has 8 heteroatoms. The van der Waals surface area contributed by atoms with Gasteiger partial charge in [-0.15, -0.1) is 12.4 Å². The fourth-order valence-corrected chi connectivity index (χ4v) is 5.07. The van der Waals surface area contributed by atoms with Crippen molar-refractivity contribution in [1.29, 1.82) is 0 Å². The van der Waals surface area contributed by atoms with Gasteiger partial charge in [-0.1, -0.05) is 20.8 Å². The highest BCUT2D eigenvalue weighted by atomic mass is 35.5. The third kappa shape index (κ3) is 3.83. The maximum atomic E-state index is 13.1. The van der Waals surface area contributed by atoms with Crippen LogP contribution in [0.25, 0.3) is 0 Å². The third-order valence-electron chi connectivity index (χ3n) is 5.89. The van der Waals surface area contributed by atoms with Crippen LogP contribution in [0.3, 0.4) is 0 Å². The van der Waals surface area contributed by atoms with Gasteiger partial charge in [-0.25, -0.2) is 4.79 Å². The van der Waals surface area contributed by atoms with E-state index in [1.165, 1.54) is 0 Å². The van der Waals surface area contributed by atoms with E-state index in [9.17, 15) is 14.4 Å². The highest BCUT2D eigenvalue weighted by molar-refractivity contribution is 6.09. The monoisotopic (exact) mass is 386 g/mol. The number of imide groups is 1. The molecule has 1 saturated carbocycles. The molecule has 4 amide bonds. The molecule has 0 radical (unpaired) electrons. The molecule has 3 fully saturated rings. The topological polar surface area (TPSA) is 81.8 Å². The van der Waals surface area contributed by atoms with Gasteiger partial charge in [0.25, 0.3) is 5.91 Å². The lowest BCUT2D eigenvalue weighted by Crippen LogP contribution is -2.54. The van der Waals surface area contributed by atoms with Gasteiger partial charge in [0.05, 0.1) is 0 Å². The molecule has 3 rings (SSSR count). The standard InChI is InChI=1S/C18H30N4O3.ClH/c1-12-7-17(2,3)11-18(8-12)15(24)22(16(25)20-18)10-14(23)21(4)13-5-6-19-9-13;/h12-13,19H,5-11H2,1-4H3,(H,20,25);1H. The Morgan fingerprint density at radius 2 is 2.00 bits per heavy atom. The van der Waals surface area contributed by atoms with E-state index in [0.29, 0.717) is 18.8 Å². The summed E-state index contributed by atoms with van der Waals surface area (Å²) in [5.41, 5.74) is -0.848. The van der Waals surface area contributed by atoms with Crippen molar-refractivity contribution in [3.63, 3.8) is 0 Å². The van der Waals surface area contributed by atoms with Crippen LogP contribution in [0, 0.1) is 11.3 Å². The maximum absolute atomic E-state index is 13.1. The Morgan fingerprint density at radius 1 is 1.31 bits per heavy atom. The molecule has 1 aliphatic carbocycles. The summed E-state index contributed by atoms with van der Waals surface area (Å²) in [6.45, 7) is 7.88. The smallest absolute Gasteiger partial charge is 0.325 e. The van der Waals surface area contributed by atoms with E-state index >= 15 is 0 Å². The molecule has 0 aromatic heterocycles. The number of urea groups is 1. The van der Waals surface area contributed by atoms with E-state index in [4.69, 9.17) is 0 Å². The number of hydrogen-bond donors (Lipinski definition) is 2. The number of carbonyl (C=O) groups is 3. The Morgan fingerprint density at radius 3 is 2.58 bits per heavy atom. The van der Waals surface area contributed by atoms with E-state index < -0.39 is 11.6 Å². The number of hydrogen-bond acceptors (Lipinski definition) is 4. The van der Waals surface area contributed by atoms with E-state index in [1.807, 2.05) is 0 Å². The second-order valence-corrected chi connectivity index (χ2v) is 8.91. The molecule has 0 bridgehead atoms. The molecule has 26 heavy (non-hydrogen) atoms. The molecule has 3 unspecified atom stereocenters. The fourth-order valence-electron chi connectivity index (χ4n) is 5.07. The highest BCUT2D eigenvalue weighted by Gasteiger charge is 2.56. The molecule has 1 spiro atoms. The van der Waals surface area contributed by atoms with Crippen LogP contribution >= 0.6 is 12.4 Å². The zero-order chi connectivity index (χ0) is 18.4. The highest BCUT2D eigenvalue weighted by Crippen LogP contribution is 2.46. The molecule has 2 heterocycles. The van der Waals surface area contributed by atoms with Crippen LogP contribution < -0.4 is 10.6 Å². The zero-order valence-corrected chi connectivity index (χ0v) is 16.9. The van der Waals surface area contributed by atoms with Crippen LogP contribution in [0.2, 0.25) is 0 Å². The molecule has 2 N–H and O–H groups in total. The summed E-state index contributed by atoms with van der Waals surface area (Å²) >= 11 is 0. The van der Waals surface area contributed by atoms with Gasteiger partial charge < -0.3 is 15.5 Å². The zero-order valence-electron chi connectivity index (χ0n) is 16.1. The van der Waals surface area contributed by atoms with Gasteiger partial charge in [-0.2, -0.15) is 0 Å². The first-order valence-electron chi connectivity index (χ1n) is 9.24. The third-order valence-corrected chi connectivity index (χ3v) is 5.89. The van der Waals surface area contributed by atoms with Crippen LogP contribution in [0.5, 0.6) is 0 Å². The van der Waals surface area contributed by atoms with E-state index in [1.54, 1.807) is 11.9 Å². The number of halogens is 1. The Bertz CT molecular complexity index is 591. The van der Waals surface area contributed by atoms with Crippen LogP contribution in [0.1, 0.15) is 46.5 Å². The van der Waals surface area contributed by atoms with Crippen molar-refractivity contribution in [2.75, 3.05) is 26.7 Å². The average molecular weight is 387 g/mol. The minimum Gasteiger partial charge on any atom is -0.340 e. The second-order valence-electron chi connectivity index (χ2n) is 8.91. The van der Waals surface area contributed by atoms with E-state index in [-0.39, 0.29) is 42.2 Å². The number of likely N-dealkylation sites (N-methyl/N-ethyl adjacent to an activating group) is 1. The molecule has 3 aliphatic rings.